The van der Waals surface area contributed by atoms with Gasteiger partial charge in [0.1, 0.15) is 23.2 Å². The summed E-state index contributed by atoms with van der Waals surface area (Å²) in [5.74, 6) is 0.0942. The predicted octanol–water partition coefficient (Wildman–Crippen LogP) is 6.44. The lowest BCUT2D eigenvalue weighted by Gasteiger charge is -2.31. The van der Waals surface area contributed by atoms with E-state index in [1.165, 1.54) is 21.5 Å². The summed E-state index contributed by atoms with van der Waals surface area (Å²) in [6, 6.07) is 41.4. The molecule has 35 heavy (non-hydrogen) atoms. The van der Waals surface area contributed by atoms with E-state index in [2.05, 4.69) is 131 Å². The molecule has 2 nitrogen and oxygen atoms in total. The molecule has 0 bridgehead atoms. The topological polar surface area (TPSA) is 20.3 Å². The van der Waals surface area contributed by atoms with Crippen LogP contribution in [0.2, 0.25) is 0 Å². The molecule has 0 spiro atoms. The lowest BCUT2D eigenvalue weighted by Crippen LogP contribution is -2.42. The van der Waals surface area contributed by atoms with Crippen molar-refractivity contribution in [3.8, 4) is 0 Å². The van der Waals surface area contributed by atoms with Crippen molar-refractivity contribution in [1.82, 2.24) is 4.90 Å². The summed E-state index contributed by atoms with van der Waals surface area (Å²) in [6.07, 6.45) is 0.900. The Kier molecular flexibility index (Phi) is 7.83. The number of carbonyl (C=O) groups is 1. The van der Waals surface area contributed by atoms with Gasteiger partial charge in [0.2, 0.25) is 0 Å². The smallest absolute Gasteiger partial charge is 0.254 e. The number of carbonyl (C=O) groups excluding carboxylic acids is 1. The molecule has 0 aliphatic heterocycles. The van der Waals surface area contributed by atoms with Crippen molar-refractivity contribution in [3.05, 3.63) is 126 Å². The highest BCUT2D eigenvalue weighted by molar-refractivity contribution is 7.95. The van der Waals surface area contributed by atoms with Crippen molar-refractivity contribution in [2.45, 2.75) is 45.9 Å². The molecule has 0 aliphatic carbocycles. The highest BCUT2D eigenvalue weighted by atomic mass is 31.2. The van der Waals surface area contributed by atoms with Crippen molar-refractivity contribution in [1.29, 1.82) is 0 Å². The van der Waals surface area contributed by atoms with Crippen molar-refractivity contribution in [3.63, 3.8) is 0 Å². The molecule has 0 N–H and O–H groups in total. The molecule has 0 radical (unpaired) electrons. The quantitative estimate of drug-likeness (QED) is 0.266. The Morgan fingerprint density at radius 2 is 0.971 bits per heavy atom. The maximum absolute atomic E-state index is 13.2. The zero-order chi connectivity index (χ0) is 24.8. The van der Waals surface area contributed by atoms with Crippen LogP contribution >= 0.6 is 7.26 Å². The lowest BCUT2D eigenvalue weighted by atomic mass is 10.1. The second-order valence-corrected chi connectivity index (χ2v) is 13.1. The van der Waals surface area contributed by atoms with Gasteiger partial charge in [-0.2, -0.15) is 0 Å². The van der Waals surface area contributed by atoms with Gasteiger partial charge in [-0.1, -0.05) is 66.7 Å². The molecule has 0 saturated carbocycles. The normalized spacial score (nSPS) is 11.6. The lowest BCUT2D eigenvalue weighted by molar-refractivity contribution is 0.0643. The van der Waals surface area contributed by atoms with Crippen LogP contribution < -0.4 is 15.9 Å². The fourth-order valence-electron chi connectivity index (χ4n) is 5.01. The first-order chi connectivity index (χ1) is 16.9. The van der Waals surface area contributed by atoms with E-state index in [-0.39, 0.29) is 18.0 Å². The zero-order valence-corrected chi connectivity index (χ0v) is 22.0. The van der Waals surface area contributed by atoms with E-state index in [1.807, 2.05) is 17.0 Å². The van der Waals surface area contributed by atoms with Crippen LogP contribution in [-0.2, 0) is 6.16 Å². The van der Waals surface area contributed by atoms with Crippen LogP contribution in [0.1, 0.15) is 43.6 Å². The van der Waals surface area contributed by atoms with Crippen LogP contribution in [0.15, 0.2) is 115 Å². The summed E-state index contributed by atoms with van der Waals surface area (Å²) >= 11 is 0. The second-order valence-electron chi connectivity index (χ2n) is 9.57. The monoisotopic (exact) mass is 480 g/mol. The Morgan fingerprint density at radius 1 is 0.600 bits per heavy atom. The third kappa shape index (κ3) is 5.24. The first-order valence-corrected chi connectivity index (χ1v) is 14.4. The second kappa shape index (κ2) is 11.0. The Labute approximate surface area is 211 Å². The SMILES string of the molecule is CC(C)N(C(=O)c1ccc(C[P+](c2ccccc2)(c2ccccc2)c2ccccc2)cc1)C(C)C. The standard InChI is InChI=1S/C32H35NOP/c1-25(2)33(26(3)4)32(34)28-22-20-27(21-23-28)24-35(29-14-8-5-9-15-29,30-16-10-6-11-17-30)31-18-12-7-13-19-31/h5-23,25-26H,24H2,1-4H3/q+1. The molecular weight excluding hydrogens is 445 g/mol. The van der Waals surface area contributed by atoms with E-state index in [0.717, 1.165) is 11.7 Å². The van der Waals surface area contributed by atoms with Gasteiger partial charge in [-0.15, -0.1) is 0 Å². The van der Waals surface area contributed by atoms with E-state index in [9.17, 15) is 4.79 Å². The van der Waals surface area contributed by atoms with Crippen molar-refractivity contribution in [2.75, 3.05) is 0 Å². The number of hydrogen-bond donors (Lipinski definition) is 0. The van der Waals surface area contributed by atoms with E-state index >= 15 is 0 Å². The highest BCUT2D eigenvalue weighted by Crippen LogP contribution is 2.58. The molecule has 0 heterocycles. The van der Waals surface area contributed by atoms with Crippen molar-refractivity contribution < 1.29 is 4.79 Å². The van der Waals surface area contributed by atoms with E-state index in [1.54, 1.807) is 0 Å². The first-order valence-electron chi connectivity index (χ1n) is 12.4. The summed E-state index contributed by atoms with van der Waals surface area (Å²) in [7, 11) is -1.96. The first kappa shape index (κ1) is 24.9. The fourth-order valence-corrected chi connectivity index (χ4v) is 9.25. The number of amides is 1. The van der Waals surface area contributed by atoms with Gasteiger partial charge < -0.3 is 4.90 Å². The van der Waals surface area contributed by atoms with Crippen molar-refractivity contribution >= 4 is 29.1 Å². The molecule has 0 aliphatic rings. The van der Waals surface area contributed by atoms with Crippen LogP contribution in [-0.4, -0.2) is 22.9 Å². The molecule has 0 aromatic heterocycles. The molecule has 4 rings (SSSR count). The van der Waals surface area contributed by atoms with Crippen LogP contribution in [0.5, 0.6) is 0 Å². The van der Waals surface area contributed by atoms with Gasteiger partial charge in [0.25, 0.3) is 5.91 Å². The zero-order valence-electron chi connectivity index (χ0n) is 21.1. The average Bonchev–Trinajstić information content (AvgIpc) is 2.89. The molecule has 178 valence electrons. The Morgan fingerprint density at radius 3 is 1.31 bits per heavy atom. The summed E-state index contributed by atoms with van der Waals surface area (Å²) in [6.45, 7) is 8.30. The number of hydrogen-bond acceptors (Lipinski definition) is 1. The number of rotatable bonds is 8. The molecule has 3 heteroatoms. The predicted molar refractivity (Wildman–Crippen MR) is 152 cm³/mol. The van der Waals surface area contributed by atoms with Gasteiger partial charge in [-0.05, 0) is 81.8 Å². The Hall–Kier alpha value is -3.22. The average molecular weight is 481 g/mol. The molecule has 0 atom stereocenters. The van der Waals surface area contributed by atoms with Crippen LogP contribution in [0.25, 0.3) is 0 Å². The van der Waals surface area contributed by atoms with Crippen LogP contribution in [0, 0.1) is 0 Å². The van der Waals surface area contributed by atoms with E-state index in [4.69, 9.17) is 0 Å². The minimum absolute atomic E-state index is 0.0942. The highest BCUT2D eigenvalue weighted by Gasteiger charge is 2.45. The van der Waals surface area contributed by atoms with E-state index < -0.39 is 7.26 Å². The number of benzene rings is 4. The minimum Gasteiger partial charge on any atom is -0.334 e. The van der Waals surface area contributed by atoms with Crippen LogP contribution in [0.3, 0.4) is 0 Å². The summed E-state index contributed by atoms with van der Waals surface area (Å²) in [5.41, 5.74) is 1.99. The molecule has 4 aromatic rings. The summed E-state index contributed by atoms with van der Waals surface area (Å²) in [4.78, 5) is 15.2. The largest absolute Gasteiger partial charge is 0.334 e. The van der Waals surface area contributed by atoms with Crippen molar-refractivity contribution in [2.24, 2.45) is 0 Å². The van der Waals surface area contributed by atoms with Crippen LogP contribution in [0.4, 0.5) is 0 Å². The van der Waals surface area contributed by atoms with Gasteiger partial charge in [-0.3, -0.25) is 4.79 Å². The molecule has 0 fully saturated rings. The molecular formula is C32H35NOP+. The van der Waals surface area contributed by atoms with Gasteiger partial charge in [-0.25, -0.2) is 0 Å². The van der Waals surface area contributed by atoms with Gasteiger partial charge in [0, 0.05) is 17.6 Å². The number of nitrogens with zero attached hydrogens (tertiary/aromatic N) is 1. The summed E-state index contributed by atoms with van der Waals surface area (Å²) < 4.78 is 0. The minimum atomic E-state index is -1.96. The third-order valence-corrected chi connectivity index (χ3v) is 10.9. The molecule has 4 aromatic carbocycles. The molecule has 1 amide bonds. The Balaban J connectivity index is 1.80. The van der Waals surface area contributed by atoms with Gasteiger partial charge in [0.15, 0.2) is 0 Å². The summed E-state index contributed by atoms with van der Waals surface area (Å²) in [5, 5.41) is 4.09. The molecule has 0 unspecified atom stereocenters. The Bertz CT molecular complexity index is 1110. The molecule has 0 saturated heterocycles. The fraction of sp³-hybridized carbons (Fsp3) is 0.219. The van der Waals surface area contributed by atoms with Gasteiger partial charge >= 0.3 is 0 Å². The van der Waals surface area contributed by atoms with Gasteiger partial charge in [0.05, 0.1) is 6.16 Å². The maximum atomic E-state index is 13.2. The third-order valence-electron chi connectivity index (χ3n) is 6.56. The maximum Gasteiger partial charge on any atom is 0.254 e. The van der Waals surface area contributed by atoms with E-state index in [0.29, 0.717) is 0 Å².